The minimum absolute atomic E-state index is 0.328. The molecule has 30 heavy (non-hydrogen) atoms. The maximum Gasteiger partial charge on any atom is 0.193 e. The fourth-order valence-electron chi connectivity index (χ4n) is 3.11. The van der Waals surface area contributed by atoms with Gasteiger partial charge in [0.15, 0.2) is 5.96 Å². The third-order valence-corrected chi connectivity index (χ3v) is 4.46. The van der Waals surface area contributed by atoms with E-state index in [1.165, 1.54) is 0 Å². The van der Waals surface area contributed by atoms with Crippen molar-refractivity contribution < 1.29 is 4.74 Å². The summed E-state index contributed by atoms with van der Waals surface area (Å²) in [4.78, 5) is 4.49. The summed E-state index contributed by atoms with van der Waals surface area (Å²) < 4.78 is 7.66. The molecule has 6 nitrogen and oxygen atoms in total. The Bertz CT molecular complexity index is 1140. The minimum Gasteiger partial charge on any atom is -0.457 e. The number of rotatable bonds is 6. The number of nitrogens with two attached hydrogens (primary N) is 1. The SMILES string of the molecule is Cn1cc(CN=C(N)Nc2cccc(Oc3ccccc3)c2)c(-c2ccccc2)n1. The zero-order valence-corrected chi connectivity index (χ0v) is 16.7. The first kappa shape index (κ1) is 19.3. The highest BCUT2D eigenvalue weighted by molar-refractivity contribution is 5.92. The normalized spacial score (nSPS) is 11.3. The largest absolute Gasteiger partial charge is 0.457 e. The van der Waals surface area contributed by atoms with Crippen LogP contribution in [-0.4, -0.2) is 15.7 Å². The Hall–Kier alpha value is -4.06. The average Bonchev–Trinajstić information content (AvgIpc) is 3.14. The highest BCUT2D eigenvalue weighted by Gasteiger charge is 2.09. The Labute approximate surface area is 175 Å². The summed E-state index contributed by atoms with van der Waals surface area (Å²) in [5.74, 6) is 1.83. The van der Waals surface area contributed by atoms with Crippen LogP contribution in [0.3, 0.4) is 0 Å². The zero-order valence-electron chi connectivity index (χ0n) is 16.7. The molecule has 0 bridgehead atoms. The van der Waals surface area contributed by atoms with Gasteiger partial charge in [-0.1, -0.05) is 54.6 Å². The summed E-state index contributed by atoms with van der Waals surface area (Å²) in [6, 6.07) is 27.3. The van der Waals surface area contributed by atoms with Gasteiger partial charge in [0.25, 0.3) is 0 Å². The number of nitrogens with zero attached hydrogens (tertiary/aromatic N) is 3. The second kappa shape index (κ2) is 8.96. The number of ether oxygens (including phenoxy) is 1. The molecule has 6 heteroatoms. The van der Waals surface area contributed by atoms with Gasteiger partial charge in [-0.25, -0.2) is 4.99 Å². The molecule has 0 atom stereocenters. The van der Waals surface area contributed by atoms with Crippen LogP contribution >= 0.6 is 0 Å². The first-order chi connectivity index (χ1) is 14.7. The quantitative estimate of drug-likeness (QED) is 0.362. The zero-order chi connectivity index (χ0) is 20.8. The number of hydrogen-bond acceptors (Lipinski definition) is 3. The van der Waals surface area contributed by atoms with E-state index < -0.39 is 0 Å². The van der Waals surface area contributed by atoms with Gasteiger partial charge in [-0.05, 0) is 24.3 Å². The maximum atomic E-state index is 6.12. The summed E-state index contributed by atoms with van der Waals surface area (Å²) in [5, 5.41) is 7.69. The standard InChI is InChI=1S/C24H23N5O/c1-29-17-19(23(28-29)18-9-4-2-5-10-18)16-26-24(25)27-20-11-8-14-22(15-20)30-21-12-6-3-7-13-21/h2-15,17H,16H2,1H3,(H3,25,26,27). The number of anilines is 1. The molecular weight excluding hydrogens is 374 g/mol. The van der Waals surface area contributed by atoms with Crippen LogP contribution in [-0.2, 0) is 13.6 Å². The topological polar surface area (TPSA) is 77.5 Å². The van der Waals surface area contributed by atoms with Gasteiger partial charge in [-0.3, -0.25) is 4.68 Å². The van der Waals surface area contributed by atoms with Crippen LogP contribution < -0.4 is 15.8 Å². The lowest BCUT2D eigenvalue weighted by atomic mass is 10.1. The van der Waals surface area contributed by atoms with Crippen LogP contribution in [0.2, 0.25) is 0 Å². The Morgan fingerprint density at radius 3 is 2.43 bits per heavy atom. The molecule has 0 amide bonds. The molecule has 1 aromatic heterocycles. The van der Waals surface area contributed by atoms with E-state index in [0.29, 0.717) is 12.5 Å². The van der Waals surface area contributed by atoms with E-state index in [1.54, 1.807) is 4.68 Å². The molecule has 0 radical (unpaired) electrons. The second-order valence-electron chi connectivity index (χ2n) is 6.81. The number of aromatic nitrogens is 2. The monoisotopic (exact) mass is 397 g/mol. The lowest BCUT2D eigenvalue weighted by molar-refractivity contribution is 0.483. The van der Waals surface area contributed by atoms with Crippen molar-refractivity contribution in [2.45, 2.75) is 6.54 Å². The number of nitrogens with one attached hydrogen (secondary N) is 1. The Morgan fingerprint density at radius 1 is 0.967 bits per heavy atom. The smallest absolute Gasteiger partial charge is 0.193 e. The fraction of sp³-hybridized carbons (Fsp3) is 0.0833. The predicted molar refractivity (Wildman–Crippen MR) is 121 cm³/mol. The molecule has 0 saturated carbocycles. The van der Waals surface area contributed by atoms with Crippen LogP contribution in [0.1, 0.15) is 5.56 Å². The molecule has 0 saturated heterocycles. The first-order valence-electron chi connectivity index (χ1n) is 9.65. The fourth-order valence-corrected chi connectivity index (χ4v) is 3.11. The molecule has 0 aliphatic heterocycles. The van der Waals surface area contributed by atoms with Crippen molar-refractivity contribution in [2.75, 3.05) is 5.32 Å². The average molecular weight is 397 g/mol. The molecule has 0 spiro atoms. The molecule has 0 unspecified atom stereocenters. The van der Waals surface area contributed by atoms with Crippen molar-refractivity contribution in [3.05, 3.63) is 96.7 Å². The summed E-state index contributed by atoms with van der Waals surface area (Å²) in [6.45, 7) is 0.428. The Balaban J connectivity index is 1.45. The van der Waals surface area contributed by atoms with E-state index in [0.717, 1.165) is 34.0 Å². The minimum atomic E-state index is 0.328. The van der Waals surface area contributed by atoms with Crippen LogP contribution in [0.25, 0.3) is 11.3 Å². The lowest BCUT2D eigenvalue weighted by Gasteiger charge is -2.09. The molecular formula is C24H23N5O. The molecule has 0 aliphatic carbocycles. The molecule has 4 rings (SSSR count). The van der Waals surface area contributed by atoms with E-state index in [4.69, 9.17) is 10.5 Å². The van der Waals surface area contributed by atoms with Gasteiger partial charge in [0.05, 0.1) is 12.2 Å². The van der Waals surface area contributed by atoms with Crippen molar-refractivity contribution in [2.24, 2.45) is 17.8 Å². The van der Waals surface area contributed by atoms with Gasteiger partial charge in [0.2, 0.25) is 0 Å². The highest BCUT2D eigenvalue weighted by Crippen LogP contribution is 2.24. The summed E-state index contributed by atoms with van der Waals surface area (Å²) in [5.41, 5.74) is 9.90. The molecule has 0 fully saturated rings. The Kier molecular flexibility index (Phi) is 5.75. The van der Waals surface area contributed by atoms with Crippen molar-refractivity contribution in [1.29, 1.82) is 0 Å². The van der Waals surface area contributed by atoms with E-state index in [1.807, 2.05) is 98.2 Å². The number of aliphatic imine (C=N–C) groups is 1. The second-order valence-corrected chi connectivity index (χ2v) is 6.81. The van der Waals surface area contributed by atoms with Crippen LogP contribution in [0.15, 0.2) is 96.1 Å². The number of aryl methyl sites for hydroxylation is 1. The van der Waals surface area contributed by atoms with E-state index in [9.17, 15) is 0 Å². The number of hydrogen-bond donors (Lipinski definition) is 2. The summed E-state index contributed by atoms with van der Waals surface area (Å²) in [7, 11) is 1.90. The number of benzene rings is 3. The molecule has 0 aliphatic rings. The molecule has 150 valence electrons. The number of guanidine groups is 1. The van der Waals surface area contributed by atoms with Gasteiger partial charge in [0.1, 0.15) is 11.5 Å². The van der Waals surface area contributed by atoms with Gasteiger partial charge in [0, 0.05) is 36.1 Å². The van der Waals surface area contributed by atoms with Gasteiger partial charge < -0.3 is 15.8 Å². The molecule has 4 aromatic rings. The molecule has 3 N–H and O–H groups in total. The predicted octanol–water partition coefficient (Wildman–Crippen LogP) is 4.81. The van der Waals surface area contributed by atoms with E-state index in [2.05, 4.69) is 15.4 Å². The van der Waals surface area contributed by atoms with Gasteiger partial charge >= 0.3 is 0 Å². The van der Waals surface area contributed by atoms with Crippen molar-refractivity contribution >= 4 is 11.6 Å². The lowest BCUT2D eigenvalue weighted by Crippen LogP contribution is -2.22. The van der Waals surface area contributed by atoms with E-state index in [-0.39, 0.29) is 0 Å². The van der Waals surface area contributed by atoms with Crippen LogP contribution in [0.4, 0.5) is 5.69 Å². The van der Waals surface area contributed by atoms with Crippen molar-refractivity contribution in [1.82, 2.24) is 9.78 Å². The Morgan fingerprint density at radius 2 is 1.67 bits per heavy atom. The first-order valence-corrected chi connectivity index (χ1v) is 9.65. The summed E-state index contributed by atoms with van der Waals surface area (Å²) in [6.07, 6.45) is 1.97. The van der Waals surface area contributed by atoms with Gasteiger partial charge in [-0.2, -0.15) is 5.10 Å². The maximum absolute atomic E-state index is 6.12. The van der Waals surface area contributed by atoms with Crippen molar-refractivity contribution in [3.8, 4) is 22.8 Å². The van der Waals surface area contributed by atoms with Crippen LogP contribution in [0, 0.1) is 0 Å². The number of para-hydroxylation sites is 1. The van der Waals surface area contributed by atoms with Crippen LogP contribution in [0.5, 0.6) is 11.5 Å². The summed E-state index contributed by atoms with van der Waals surface area (Å²) >= 11 is 0. The third kappa shape index (κ3) is 4.86. The van der Waals surface area contributed by atoms with E-state index >= 15 is 0 Å². The van der Waals surface area contributed by atoms with Crippen molar-refractivity contribution in [3.63, 3.8) is 0 Å². The molecule has 3 aromatic carbocycles. The van der Waals surface area contributed by atoms with Gasteiger partial charge in [-0.15, -0.1) is 0 Å². The third-order valence-electron chi connectivity index (χ3n) is 4.46. The molecule has 1 heterocycles. The highest BCUT2D eigenvalue weighted by atomic mass is 16.5.